The SMILES string of the molecule is Cl.O=C1CCCC(=O)N1n1ccc2ccccc21. The van der Waals surface area contributed by atoms with Gasteiger partial charge >= 0.3 is 0 Å². The minimum absolute atomic E-state index is 0. The number of aromatic nitrogens is 1. The van der Waals surface area contributed by atoms with E-state index >= 15 is 0 Å². The standard InChI is InChI=1S/C13H12N2O2.ClH/c16-12-6-3-7-13(17)15(12)14-9-8-10-4-1-2-5-11(10)14;/h1-2,4-5,8-9H,3,6-7H2;1H. The highest BCUT2D eigenvalue weighted by molar-refractivity contribution is 6.11. The smallest absolute Gasteiger partial charge is 0.248 e. The lowest BCUT2D eigenvalue weighted by Crippen LogP contribution is -2.47. The van der Waals surface area contributed by atoms with Gasteiger partial charge in [0.1, 0.15) is 0 Å². The molecule has 0 N–H and O–H groups in total. The Morgan fingerprint density at radius 2 is 1.61 bits per heavy atom. The lowest BCUT2D eigenvalue weighted by atomic mass is 10.1. The largest absolute Gasteiger partial charge is 0.273 e. The van der Waals surface area contributed by atoms with Crippen molar-refractivity contribution in [1.29, 1.82) is 0 Å². The summed E-state index contributed by atoms with van der Waals surface area (Å²) in [6.07, 6.45) is 3.32. The number of benzene rings is 1. The normalized spacial score (nSPS) is 15.9. The Morgan fingerprint density at radius 3 is 2.33 bits per heavy atom. The zero-order valence-electron chi connectivity index (χ0n) is 9.70. The van der Waals surface area contributed by atoms with Gasteiger partial charge in [-0.05, 0) is 18.6 Å². The number of carbonyl (C=O) groups excluding carboxylic acids is 2. The Labute approximate surface area is 111 Å². The van der Waals surface area contributed by atoms with Crippen molar-refractivity contribution in [1.82, 2.24) is 4.68 Å². The highest BCUT2D eigenvalue weighted by atomic mass is 35.5. The minimum Gasteiger partial charge on any atom is -0.273 e. The van der Waals surface area contributed by atoms with Gasteiger partial charge in [0, 0.05) is 24.4 Å². The van der Waals surface area contributed by atoms with Crippen molar-refractivity contribution in [2.45, 2.75) is 19.3 Å². The number of hydrogen-bond donors (Lipinski definition) is 0. The zero-order chi connectivity index (χ0) is 11.8. The van der Waals surface area contributed by atoms with Crippen LogP contribution in [-0.4, -0.2) is 16.5 Å². The van der Waals surface area contributed by atoms with Crippen LogP contribution in [-0.2, 0) is 9.59 Å². The monoisotopic (exact) mass is 264 g/mol. The van der Waals surface area contributed by atoms with Crippen LogP contribution in [0.4, 0.5) is 0 Å². The molecule has 0 bridgehead atoms. The Hall–Kier alpha value is -1.81. The second-order valence-corrected chi connectivity index (χ2v) is 4.17. The number of halogens is 1. The molecule has 0 unspecified atom stereocenters. The minimum atomic E-state index is -0.123. The van der Waals surface area contributed by atoms with Gasteiger partial charge in [-0.25, -0.2) is 0 Å². The molecule has 1 aliphatic rings. The molecule has 18 heavy (non-hydrogen) atoms. The van der Waals surface area contributed by atoms with Gasteiger partial charge in [-0.1, -0.05) is 18.2 Å². The van der Waals surface area contributed by atoms with Crippen LogP contribution < -0.4 is 5.01 Å². The molecular formula is C13H13ClN2O2. The molecule has 5 heteroatoms. The van der Waals surface area contributed by atoms with E-state index in [-0.39, 0.29) is 24.2 Å². The van der Waals surface area contributed by atoms with E-state index in [1.807, 2.05) is 30.3 Å². The summed E-state index contributed by atoms with van der Waals surface area (Å²) in [4.78, 5) is 23.7. The summed E-state index contributed by atoms with van der Waals surface area (Å²) < 4.78 is 1.65. The first kappa shape index (κ1) is 12.6. The predicted molar refractivity (Wildman–Crippen MR) is 71.3 cm³/mol. The topological polar surface area (TPSA) is 42.3 Å². The van der Waals surface area contributed by atoms with E-state index in [0.29, 0.717) is 19.3 Å². The van der Waals surface area contributed by atoms with Gasteiger partial charge in [-0.15, -0.1) is 12.4 Å². The second-order valence-electron chi connectivity index (χ2n) is 4.17. The number of nitrogens with zero attached hydrogens (tertiary/aromatic N) is 2. The Kier molecular flexibility index (Phi) is 3.39. The molecule has 1 aromatic carbocycles. The maximum atomic E-state index is 11.8. The summed E-state index contributed by atoms with van der Waals surface area (Å²) in [5.74, 6) is -0.245. The molecule has 2 aromatic rings. The maximum Gasteiger partial charge on any atom is 0.248 e. The van der Waals surface area contributed by atoms with Gasteiger partial charge in [-0.2, -0.15) is 5.01 Å². The molecule has 1 fully saturated rings. The molecular weight excluding hydrogens is 252 g/mol. The van der Waals surface area contributed by atoms with E-state index in [0.717, 1.165) is 10.9 Å². The molecule has 0 saturated carbocycles. The van der Waals surface area contributed by atoms with Crippen LogP contribution in [0.3, 0.4) is 0 Å². The van der Waals surface area contributed by atoms with Crippen molar-refractivity contribution in [2.75, 3.05) is 5.01 Å². The zero-order valence-corrected chi connectivity index (χ0v) is 10.5. The molecule has 0 atom stereocenters. The number of para-hydroxylation sites is 1. The first-order valence-corrected chi connectivity index (χ1v) is 5.69. The number of amides is 2. The molecule has 4 nitrogen and oxygen atoms in total. The number of piperidine rings is 1. The third-order valence-corrected chi connectivity index (χ3v) is 3.05. The lowest BCUT2D eigenvalue weighted by Gasteiger charge is -2.26. The first-order valence-electron chi connectivity index (χ1n) is 5.69. The van der Waals surface area contributed by atoms with Crippen molar-refractivity contribution in [2.24, 2.45) is 0 Å². The van der Waals surface area contributed by atoms with Gasteiger partial charge < -0.3 is 0 Å². The molecule has 1 aliphatic heterocycles. The van der Waals surface area contributed by atoms with Gasteiger partial charge in [-0.3, -0.25) is 14.3 Å². The quantitative estimate of drug-likeness (QED) is 0.742. The van der Waals surface area contributed by atoms with Crippen molar-refractivity contribution in [3.8, 4) is 0 Å². The van der Waals surface area contributed by atoms with Crippen molar-refractivity contribution in [3.05, 3.63) is 36.5 Å². The Bertz CT molecular complexity index is 590. The van der Waals surface area contributed by atoms with Gasteiger partial charge in [0.05, 0.1) is 5.52 Å². The summed E-state index contributed by atoms with van der Waals surface area (Å²) >= 11 is 0. The van der Waals surface area contributed by atoms with Crippen LogP contribution in [0.5, 0.6) is 0 Å². The molecule has 1 aromatic heterocycles. The van der Waals surface area contributed by atoms with Crippen molar-refractivity contribution >= 4 is 35.1 Å². The summed E-state index contributed by atoms with van der Waals surface area (Å²) in [7, 11) is 0. The van der Waals surface area contributed by atoms with Gasteiger partial charge in [0.25, 0.3) is 0 Å². The third kappa shape index (κ3) is 1.88. The molecule has 0 aliphatic carbocycles. The molecule has 0 radical (unpaired) electrons. The number of imide groups is 1. The summed E-state index contributed by atoms with van der Waals surface area (Å²) in [5, 5.41) is 2.28. The fourth-order valence-corrected chi connectivity index (χ4v) is 2.22. The molecule has 94 valence electrons. The molecule has 3 rings (SSSR count). The second kappa shape index (κ2) is 4.82. The van der Waals surface area contributed by atoms with Crippen LogP contribution in [0.25, 0.3) is 10.9 Å². The van der Waals surface area contributed by atoms with Crippen LogP contribution in [0.1, 0.15) is 19.3 Å². The highest BCUT2D eigenvalue weighted by Gasteiger charge is 2.28. The number of rotatable bonds is 1. The van der Waals surface area contributed by atoms with Gasteiger partial charge in [0.2, 0.25) is 11.8 Å². The van der Waals surface area contributed by atoms with Crippen LogP contribution in [0.15, 0.2) is 36.5 Å². The van der Waals surface area contributed by atoms with Crippen molar-refractivity contribution < 1.29 is 9.59 Å². The molecule has 1 saturated heterocycles. The van der Waals surface area contributed by atoms with E-state index < -0.39 is 0 Å². The lowest BCUT2D eigenvalue weighted by molar-refractivity contribution is -0.131. The fourth-order valence-electron chi connectivity index (χ4n) is 2.22. The fraction of sp³-hybridized carbons (Fsp3) is 0.231. The van der Waals surface area contributed by atoms with Crippen LogP contribution in [0.2, 0.25) is 0 Å². The maximum absolute atomic E-state index is 11.8. The van der Waals surface area contributed by atoms with E-state index in [2.05, 4.69) is 0 Å². The van der Waals surface area contributed by atoms with E-state index in [9.17, 15) is 9.59 Å². The van der Waals surface area contributed by atoms with Crippen LogP contribution >= 0.6 is 12.4 Å². The van der Waals surface area contributed by atoms with E-state index in [1.165, 1.54) is 5.01 Å². The Balaban J connectivity index is 0.00000120. The molecule has 2 amide bonds. The van der Waals surface area contributed by atoms with E-state index in [4.69, 9.17) is 0 Å². The van der Waals surface area contributed by atoms with Gasteiger partial charge in [0.15, 0.2) is 0 Å². The molecule has 2 heterocycles. The first-order chi connectivity index (χ1) is 8.27. The average molecular weight is 265 g/mol. The molecule has 0 spiro atoms. The third-order valence-electron chi connectivity index (χ3n) is 3.05. The van der Waals surface area contributed by atoms with Crippen molar-refractivity contribution in [3.63, 3.8) is 0 Å². The summed E-state index contributed by atoms with van der Waals surface area (Å²) in [6, 6.07) is 9.62. The predicted octanol–water partition coefficient (Wildman–Crippen LogP) is 2.24. The highest BCUT2D eigenvalue weighted by Crippen LogP contribution is 2.19. The van der Waals surface area contributed by atoms with Crippen LogP contribution in [0, 0.1) is 0 Å². The average Bonchev–Trinajstić information content (AvgIpc) is 2.73. The number of fused-ring (bicyclic) bond motifs is 1. The summed E-state index contributed by atoms with van der Waals surface area (Å²) in [6.45, 7) is 0. The summed E-state index contributed by atoms with van der Waals surface area (Å²) in [5.41, 5.74) is 0.885. The number of carbonyl (C=O) groups is 2. The van der Waals surface area contributed by atoms with E-state index in [1.54, 1.807) is 10.9 Å². The number of hydrogen-bond acceptors (Lipinski definition) is 2. The Morgan fingerprint density at radius 1 is 0.944 bits per heavy atom.